The molecule has 0 aliphatic carbocycles. The quantitative estimate of drug-likeness (QED) is 0.663. The number of nitrogens with two attached hydrogens (primary N) is 1. The number of hydrogen-bond acceptors (Lipinski definition) is 3. The predicted molar refractivity (Wildman–Crippen MR) is 50.1 cm³/mol. The van der Waals surface area contributed by atoms with Crippen LogP contribution in [0.4, 0.5) is 0 Å². The Morgan fingerprint density at radius 2 is 2.08 bits per heavy atom. The van der Waals surface area contributed by atoms with E-state index in [1.807, 2.05) is 0 Å². The first-order valence-corrected chi connectivity index (χ1v) is 4.83. The molecule has 1 fully saturated rings. The third-order valence-electron chi connectivity index (χ3n) is 2.33. The fourth-order valence-electron chi connectivity index (χ4n) is 1.60. The first kappa shape index (κ1) is 9.96. The maximum absolute atomic E-state index is 5.49. The van der Waals surface area contributed by atoms with Crippen molar-refractivity contribution in [3.05, 3.63) is 0 Å². The summed E-state index contributed by atoms with van der Waals surface area (Å²) >= 11 is 0. The van der Waals surface area contributed by atoms with E-state index in [-0.39, 0.29) is 0 Å². The average Bonchev–Trinajstić information content (AvgIpc) is 2.06. The molecule has 0 saturated carbocycles. The molecule has 0 radical (unpaired) electrons. The molecule has 1 rings (SSSR count). The molecule has 1 atom stereocenters. The fourth-order valence-corrected chi connectivity index (χ4v) is 1.60. The van der Waals surface area contributed by atoms with E-state index < -0.39 is 0 Å². The van der Waals surface area contributed by atoms with E-state index in [9.17, 15) is 0 Å². The van der Waals surface area contributed by atoms with E-state index >= 15 is 0 Å². The van der Waals surface area contributed by atoms with Gasteiger partial charge in [0.1, 0.15) is 0 Å². The topological polar surface area (TPSA) is 38.5 Å². The fraction of sp³-hybridized carbons (Fsp3) is 1.00. The number of rotatable bonds is 4. The van der Waals surface area contributed by atoms with Gasteiger partial charge in [0.2, 0.25) is 0 Å². The summed E-state index contributed by atoms with van der Waals surface area (Å²) in [6.07, 6.45) is 1.14. The molecule has 0 aromatic heterocycles. The second-order valence-electron chi connectivity index (χ2n) is 3.60. The molecule has 0 amide bonds. The second kappa shape index (κ2) is 5.51. The zero-order chi connectivity index (χ0) is 8.81. The number of hydrogen-bond donors (Lipinski definition) is 1. The second-order valence-corrected chi connectivity index (χ2v) is 3.60. The Balaban J connectivity index is 2.11. The highest BCUT2D eigenvalue weighted by Crippen LogP contribution is 2.05. The summed E-state index contributed by atoms with van der Waals surface area (Å²) in [6.45, 7) is 8.24. The molecule has 1 unspecified atom stereocenters. The standard InChI is InChI=1S/C9H20N2O/c1-9(2-3-10)8-11-4-6-12-7-5-11/h9H,2-8,10H2,1H3. The minimum Gasteiger partial charge on any atom is -0.379 e. The molecule has 1 aliphatic heterocycles. The Morgan fingerprint density at radius 3 is 2.67 bits per heavy atom. The Labute approximate surface area is 74.9 Å². The van der Waals surface area contributed by atoms with Crippen LogP contribution in [0.15, 0.2) is 0 Å². The molecule has 12 heavy (non-hydrogen) atoms. The number of ether oxygens (including phenoxy) is 1. The maximum atomic E-state index is 5.49. The first-order valence-electron chi connectivity index (χ1n) is 4.83. The van der Waals surface area contributed by atoms with Crippen LogP contribution in [0.5, 0.6) is 0 Å². The Kier molecular flexibility index (Phi) is 4.58. The van der Waals surface area contributed by atoms with Crippen LogP contribution in [0, 0.1) is 5.92 Å². The van der Waals surface area contributed by atoms with Gasteiger partial charge in [0, 0.05) is 19.6 Å². The highest BCUT2D eigenvalue weighted by molar-refractivity contribution is 4.65. The van der Waals surface area contributed by atoms with Crippen molar-refractivity contribution in [3.63, 3.8) is 0 Å². The minimum absolute atomic E-state index is 0.730. The largest absolute Gasteiger partial charge is 0.379 e. The highest BCUT2D eigenvalue weighted by Gasteiger charge is 2.12. The molecule has 1 aliphatic rings. The molecular formula is C9H20N2O. The van der Waals surface area contributed by atoms with Gasteiger partial charge in [-0.25, -0.2) is 0 Å². The maximum Gasteiger partial charge on any atom is 0.0594 e. The van der Waals surface area contributed by atoms with Gasteiger partial charge >= 0.3 is 0 Å². The van der Waals surface area contributed by atoms with E-state index in [4.69, 9.17) is 10.5 Å². The lowest BCUT2D eigenvalue weighted by atomic mass is 10.1. The predicted octanol–water partition coefficient (Wildman–Crippen LogP) is 0.304. The molecule has 0 aromatic carbocycles. The molecule has 3 heteroatoms. The van der Waals surface area contributed by atoms with Gasteiger partial charge in [-0.2, -0.15) is 0 Å². The number of morpholine rings is 1. The van der Waals surface area contributed by atoms with Gasteiger partial charge in [-0.05, 0) is 18.9 Å². The minimum atomic E-state index is 0.730. The zero-order valence-corrected chi connectivity index (χ0v) is 7.96. The molecule has 2 N–H and O–H groups in total. The summed E-state index contributed by atoms with van der Waals surface area (Å²) in [6, 6.07) is 0. The molecule has 72 valence electrons. The average molecular weight is 172 g/mol. The van der Waals surface area contributed by atoms with Gasteiger partial charge < -0.3 is 10.5 Å². The van der Waals surface area contributed by atoms with Gasteiger partial charge in [-0.3, -0.25) is 4.90 Å². The van der Waals surface area contributed by atoms with Crippen LogP contribution in [-0.4, -0.2) is 44.3 Å². The van der Waals surface area contributed by atoms with Crippen molar-refractivity contribution in [1.29, 1.82) is 0 Å². The van der Waals surface area contributed by atoms with Crippen LogP contribution in [0.3, 0.4) is 0 Å². The van der Waals surface area contributed by atoms with Crippen molar-refractivity contribution >= 4 is 0 Å². The summed E-state index contributed by atoms with van der Waals surface area (Å²) in [5, 5.41) is 0. The summed E-state index contributed by atoms with van der Waals surface area (Å²) in [4.78, 5) is 2.46. The molecular weight excluding hydrogens is 152 g/mol. The van der Waals surface area contributed by atoms with E-state index in [1.165, 1.54) is 6.54 Å². The monoisotopic (exact) mass is 172 g/mol. The van der Waals surface area contributed by atoms with Crippen molar-refractivity contribution in [2.24, 2.45) is 11.7 Å². The van der Waals surface area contributed by atoms with E-state index in [2.05, 4.69) is 11.8 Å². The normalized spacial score (nSPS) is 22.5. The van der Waals surface area contributed by atoms with Crippen LogP contribution in [0.2, 0.25) is 0 Å². The first-order chi connectivity index (χ1) is 5.83. The summed E-state index contributed by atoms with van der Waals surface area (Å²) in [7, 11) is 0. The zero-order valence-electron chi connectivity index (χ0n) is 7.96. The lowest BCUT2D eigenvalue weighted by Crippen LogP contribution is -2.39. The van der Waals surface area contributed by atoms with E-state index in [1.54, 1.807) is 0 Å². The van der Waals surface area contributed by atoms with Crippen LogP contribution < -0.4 is 5.73 Å². The molecule has 0 spiro atoms. The van der Waals surface area contributed by atoms with Crippen LogP contribution in [0.25, 0.3) is 0 Å². The summed E-state index contributed by atoms with van der Waals surface area (Å²) in [5.41, 5.74) is 5.49. The lowest BCUT2D eigenvalue weighted by molar-refractivity contribution is 0.0314. The Bertz CT molecular complexity index is 113. The molecule has 1 heterocycles. The van der Waals surface area contributed by atoms with Crippen molar-refractivity contribution in [3.8, 4) is 0 Å². The van der Waals surface area contributed by atoms with Crippen LogP contribution in [-0.2, 0) is 4.74 Å². The molecule has 3 nitrogen and oxygen atoms in total. The van der Waals surface area contributed by atoms with Crippen LogP contribution >= 0.6 is 0 Å². The van der Waals surface area contributed by atoms with Crippen molar-refractivity contribution in [2.45, 2.75) is 13.3 Å². The lowest BCUT2D eigenvalue weighted by Gasteiger charge is -2.28. The Hall–Kier alpha value is -0.120. The van der Waals surface area contributed by atoms with E-state index in [0.29, 0.717) is 0 Å². The molecule has 0 bridgehead atoms. The van der Waals surface area contributed by atoms with Gasteiger partial charge in [0.25, 0.3) is 0 Å². The molecule has 0 aromatic rings. The summed E-state index contributed by atoms with van der Waals surface area (Å²) < 4.78 is 5.27. The van der Waals surface area contributed by atoms with Crippen LogP contribution in [0.1, 0.15) is 13.3 Å². The van der Waals surface area contributed by atoms with Gasteiger partial charge in [-0.1, -0.05) is 6.92 Å². The Morgan fingerprint density at radius 1 is 1.42 bits per heavy atom. The van der Waals surface area contributed by atoms with Gasteiger partial charge in [0.15, 0.2) is 0 Å². The highest BCUT2D eigenvalue weighted by atomic mass is 16.5. The van der Waals surface area contributed by atoms with Crippen molar-refractivity contribution in [1.82, 2.24) is 4.90 Å². The smallest absolute Gasteiger partial charge is 0.0594 e. The van der Waals surface area contributed by atoms with Gasteiger partial charge in [-0.15, -0.1) is 0 Å². The van der Waals surface area contributed by atoms with E-state index in [0.717, 1.165) is 45.2 Å². The van der Waals surface area contributed by atoms with Gasteiger partial charge in [0.05, 0.1) is 13.2 Å². The number of nitrogens with zero attached hydrogens (tertiary/aromatic N) is 1. The molecule has 1 saturated heterocycles. The SMILES string of the molecule is CC(CCN)CN1CCOCC1. The summed E-state index contributed by atoms with van der Waals surface area (Å²) in [5.74, 6) is 0.730. The third-order valence-corrected chi connectivity index (χ3v) is 2.33. The van der Waals surface area contributed by atoms with Crippen molar-refractivity contribution in [2.75, 3.05) is 39.4 Å². The third kappa shape index (κ3) is 3.52. The van der Waals surface area contributed by atoms with Crippen molar-refractivity contribution < 1.29 is 4.74 Å².